The minimum atomic E-state index is -0.575. The Morgan fingerprint density at radius 2 is 1.77 bits per heavy atom. The van der Waals surface area contributed by atoms with Gasteiger partial charge in [-0.15, -0.1) is 0 Å². The van der Waals surface area contributed by atoms with E-state index in [1.54, 1.807) is 7.11 Å². The molecule has 3 rings (SSSR count). The SMILES string of the molecule is COc1ccc(CN(CC(O)COc2ccc(C(C)C)cc2)CC2CCCO2)cc1. The molecule has 5 nitrogen and oxygen atoms in total. The molecule has 0 saturated carbocycles. The molecule has 5 heteroatoms. The molecule has 1 aliphatic heterocycles. The number of methoxy groups -OCH3 is 1. The summed E-state index contributed by atoms with van der Waals surface area (Å²) in [6.07, 6.45) is 1.85. The fraction of sp³-hybridized carbons (Fsp3) is 0.520. The van der Waals surface area contributed by atoms with Crippen molar-refractivity contribution in [2.24, 2.45) is 0 Å². The molecular formula is C25H35NO4. The molecule has 1 heterocycles. The molecular weight excluding hydrogens is 378 g/mol. The Labute approximate surface area is 180 Å². The molecule has 0 spiro atoms. The fourth-order valence-corrected chi connectivity index (χ4v) is 3.76. The van der Waals surface area contributed by atoms with Crippen LogP contribution in [0.25, 0.3) is 0 Å². The lowest BCUT2D eigenvalue weighted by atomic mass is 10.0. The number of aliphatic hydroxyl groups is 1. The van der Waals surface area contributed by atoms with Crippen molar-refractivity contribution in [2.45, 2.75) is 51.4 Å². The lowest BCUT2D eigenvalue weighted by Crippen LogP contribution is -2.39. The summed E-state index contributed by atoms with van der Waals surface area (Å²) in [5.74, 6) is 2.13. The topological polar surface area (TPSA) is 51.2 Å². The van der Waals surface area contributed by atoms with Gasteiger partial charge in [-0.3, -0.25) is 4.90 Å². The first-order valence-electron chi connectivity index (χ1n) is 10.9. The molecule has 2 aromatic carbocycles. The van der Waals surface area contributed by atoms with E-state index in [9.17, 15) is 5.11 Å². The number of nitrogens with zero attached hydrogens (tertiary/aromatic N) is 1. The molecule has 0 bridgehead atoms. The summed E-state index contributed by atoms with van der Waals surface area (Å²) in [4.78, 5) is 2.26. The maximum absolute atomic E-state index is 10.6. The minimum absolute atomic E-state index is 0.236. The molecule has 0 radical (unpaired) electrons. The van der Waals surface area contributed by atoms with Crippen LogP contribution in [0.3, 0.4) is 0 Å². The number of hydrogen-bond acceptors (Lipinski definition) is 5. The minimum Gasteiger partial charge on any atom is -0.497 e. The number of aliphatic hydroxyl groups excluding tert-OH is 1. The summed E-state index contributed by atoms with van der Waals surface area (Å²) in [7, 11) is 1.67. The van der Waals surface area contributed by atoms with Crippen LogP contribution in [0, 0.1) is 0 Å². The van der Waals surface area contributed by atoms with E-state index in [2.05, 4.69) is 43.0 Å². The highest BCUT2D eigenvalue weighted by Crippen LogP contribution is 2.20. The molecule has 1 fully saturated rings. The Hall–Kier alpha value is -2.08. The second-order valence-corrected chi connectivity index (χ2v) is 8.37. The zero-order chi connectivity index (χ0) is 21.3. The third-order valence-corrected chi connectivity index (χ3v) is 5.51. The highest BCUT2D eigenvalue weighted by molar-refractivity contribution is 5.29. The third-order valence-electron chi connectivity index (χ3n) is 5.51. The van der Waals surface area contributed by atoms with Crippen LogP contribution in [0.4, 0.5) is 0 Å². The monoisotopic (exact) mass is 413 g/mol. The number of hydrogen-bond donors (Lipinski definition) is 1. The van der Waals surface area contributed by atoms with Gasteiger partial charge in [-0.05, 0) is 54.2 Å². The van der Waals surface area contributed by atoms with E-state index < -0.39 is 6.10 Å². The summed E-state index contributed by atoms with van der Waals surface area (Å²) >= 11 is 0. The molecule has 2 atom stereocenters. The van der Waals surface area contributed by atoms with Gasteiger partial charge in [-0.1, -0.05) is 38.1 Å². The normalized spacial score (nSPS) is 17.5. The van der Waals surface area contributed by atoms with Gasteiger partial charge in [0.25, 0.3) is 0 Å². The van der Waals surface area contributed by atoms with Crippen molar-refractivity contribution in [1.29, 1.82) is 0 Å². The molecule has 30 heavy (non-hydrogen) atoms. The molecule has 164 valence electrons. The van der Waals surface area contributed by atoms with Crippen LogP contribution >= 0.6 is 0 Å². The summed E-state index contributed by atoms with van der Waals surface area (Å²) in [5, 5.41) is 10.6. The first-order valence-corrected chi connectivity index (χ1v) is 10.9. The zero-order valence-electron chi connectivity index (χ0n) is 18.4. The third kappa shape index (κ3) is 7.01. The Balaban J connectivity index is 1.55. The Bertz CT molecular complexity index is 739. The lowest BCUT2D eigenvalue weighted by molar-refractivity contribution is 0.0313. The van der Waals surface area contributed by atoms with E-state index in [1.807, 2.05) is 24.3 Å². The van der Waals surface area contributed by atoms with Crippen molar-refractivity contribution in [2.75, 3.05) is 33.4 Å². The lowest BCUT2D eigenvalue weighted by Gasteiger charge is -2.27. The summed E-state index contributed by atoms with van der Waals surface area (Å²) in [6, 6.07) is 16.2. The highest BCUT2D eigenvalue weighted by atomic mass is 16.5. The number of ether oxygens (including phenoxy) is 3. The van der Waals surface area contributed by atoms with Gasteiger partial charge in [0.05, 0.1) is 13.2 Å². The van der Waals surface area contributed by atoms with Gasteiger partial charge in [0.2, 0.25) is 0 Å². The van der Waals surface area contributed by atoms with Crippen molar-refractivity contribution in [3.05, 3.63) is 59.7 Å². The quantitative estimate of drug-likeness (QED) is 0.597. The Morgan fingerprint density at radius 1 is 1.07 bits per heavy atom. The van der Waals surface area contributed by atoms with Gasteiger partial charge < -0.3 is 19.3 Å². The first-order chi connectivity index (χ1) is 14.5. The van der Waals surface area contributed by atoms with E-state index in [0.717, 1.165) is 44.0 Å². The van der Waals surface area contributed by atoms with Crippen LogP contribution in [0.5, 0.6) is 11.5 Å². The van der Waals surface area contributed by atoms with E-state index in [0.29, 0.717) is 12.5 Å². The van der Waals surface area contributed by atoms with Gasteiger partial charge in [0.1, 0.15) is 24.2 Å². The summed E-state index contributed by atoms with van der Waals surface area (Å²) < 4.78 is 16.9. The van der Waals surface area contributed by atoms with Gasteiger partial charge in [-0.25, -0.2) is 0 Å². The highest BCUT2D eigenvalue weighted by Gasteiger charge is 2.21. The second-order valence-electron chi connectivity index (χ2n) is 8.37. The van der Waals surface area contributed by atoms with Crippen LogP contribution in [0.2, 0.25) is 0 Å². The average Bonchev–Trinajstić information content (AvgIpc) is 3.26. The predicted octanol–water partition coefficient (Wildman–Crippen LogP) is 4.24. The van der Waals surface area contributed by atoms with Crippen molar-refractivity contribution >= 4 is 0 Å². The molecule has 1 N–H and O–H groups in total. The van der Waals surface area contributed by atoms with Crippen molar-refractivity contribution < 1.29 is 19.3 Å². The van der Waals surface area contributed by atoms with E-state index >= 15 is 0 Å². The van der Waals surface area contributed by atoms with Gasteiger partial charge in [0, 0.05) is 26.2 Å². The Kier molecular flexibility index (Phi) is 8.55. The molecule has 1 aliphatic rings. The summed E-state index contributed by atoms with van der Waals surface area (Å²) in [6.45, 7) is 7.55. The Morgan fingerprint density at radius 3 is 2.37 bits per heavy atom. The molecule has 2 aromatic rings. The van der Waals surface area contributed by atoms with Crippen LogP contribution in [0.1, 0.15) is 43.7 Å². The average molecular weight is 414 g/mol. The predicted molar refractivity (Wildman–Crippen MR) is 119 cm³/mol. The van der Waals surface area contributed by atoms with Crippen molar-refractivity contribution in [1.82, 2.24) is 4.90 Å². The van der Waals surface area contributed by atoms with Crippen LogP contribution in [0.15, 0.2) is 48.5 Å². The van der Waals surface area contributed by atoms with E-state index in [4.69, 9.17) is 14.2 Å². The van der Waals surface area contributed by atoms with Crippen LogP contribution in [-0.4, -0.2) is 55.6 Å². The standard InChI is InChI=1S/C25H35NO4/c1-19(2)21-8-12-24(13-9-21)30-18-22(27)16-26(17-25-5-4-14-29-25)15-20-6-10-23(28-3)11-7-20/h6-13,19,22,25,27H,4-5,14-18H2,1-3H3. The van der Waals surface area contributed by atoms with Gasteiger partial charge in [0.15, 0.2) is 0 Å². The molecule has 0 aliphatic carbocycles. The van der Waals surface area contributed by atoms with Gasteiger partial charge >= 0.3 is 0 Å². The first kappa shape index (κ1) is 22.6. The number of rotatable bonds is 11. The molecule has 0 amide bonds. The van der Waals surface area contributed by atoms with Crippen LogP contribution < -0.4 is 9.47 Å². The molecule has 2 unspecified atom stereocenters. The van der Waals surface area contributed by atoms with Crippen LogP contribution in [-0.2, 0) is 11.3 Å². The van der Waals surface area contributed by atoms with E-state index in [-0.39, 0.29) is 12.7 Å². The second kappa shape index (κ2) is 11.3. The van der Waals surface area contributed by atoms with Gasteiger partial charge in [-0.2, -0.15) is 0 Å². The largest absolute Gasteiger partial charge is 0.497 e. The van der Waals surface area contributed by atoms with E-state index in [1.165, 1.54) is 11.1 Å². The smallest absolute Gasteiger partial charge is 0.119 e. The maximum Gasteiger partial charge on any atom is 0.119 e. The fourth-order valence-electron chi connectivity index (χ4n) is 3.76. The molecule has 0 aromatic heterocycles. The zero-order valence-corrected chi connectivity index (χ0v) is 18.4. The van der Waals surface area contributed by atoms with Crippen molar-refractivity contribution in [3.8, 4) is 11.5 Å². The molecule has 1 saturated heterocycles. The summed E-state index contributed by atoms with van der Waals surface area (Å²) in [5.41, 5.74) is 2.47. The van der Waals surface area contributed by atoms with Crippen molar-refractivity contribution in [3.63, 3.8) is 0 Å². The number of benzene rings is 2. The maximum atomic E-state index is 10.6.